The highest BCUT2D eigenvalue weighted by molar-refractivity contribution is 7.92. The third kappa shape index (κ3) is 3.67. The van der Waals surface area contributed by atoms with E-state index in [0.717, 1.165) is 24.0 Å². The predicted octanol–water partition coefficient (Wildman–Crippen LogP) is 2.66. The second kappa shape index (κ2) is 8.03. The van der Waals surface area contributed by atoms with Crippen molar-refractivity contribution >= 4 is 33.8 Å². The molecular formula is C17H20ClN3O4S. The highest BCUT2D eigenvalue weighted by atomic mass is 35.5. The summed E-state index contributed by atoms with van der Waals surface area (Å²) in [5, 5.41) is 10.8. The molecule has 0 radical (unpaired) electrons. The SMILES string of the molecule is Cl.NCCc1cccc2c1N(S(=O)(=O)c1ccc([N+](=O)[O-])cc1)CCC2. The number of non-ortho nitro benzene ring substituents is 1. The lowest BCUT2D eigenvalue weighted by molar-refractivity contribution is -0.384. The second-order valence-corrected chi connectivity index (χ2v) is 7.76. The molecule has 1 aliphatic heterocycles. The summed E-state index contributed by atoms with van der Waals surface area (Å²) in [6.07, 6.45) is 2.14. The summed E-state index contributed by atoms with van der Waals surface area (Å²) in [6.45, 7) is 0.815. The van der Waals surface area contributed by atoms with Crippen molar-refractivity contribution in [3.05, 3.63) is 63.7 Å². The molecule has 0 bridgehead atoms. The number of hydrogen-bond acceptors (Lipinski definition) is 5. The van der Waals surface area contributed by atoms with Crippen LogP contribution in [0.1, 0.15) is 17.5 Å². The summed E-state index contributed by atoms with van der Waals surface area (Å²) < 4.78 is 27.6. The maximum Gasteiger partial charge on any atom is 0.269 e. The van der Waals surface area contributed by atoms with Gasteiger partial charge in [0.1, 0.15) is 0 Å². The van der Waals surface area contributed by atoms with Gasteiger partial charge in [-0.25, -0.2) is 8.42 Å². The summed E-state index contributed by atoms with van der Waals surface area (Å²) in [5.41, 5.74) is 8.14. The van der Waals surface area contributed by atoms with Gasteiger partial charge in [0, 0.05) is 18.7 Å². The Labute approximate surface area is 158 Å². The van der Waals surface area contributed by atoms with Crippen molar-refractivity contribution in [2.45, 2.75) is 24.2 Å². The molecule has 9 heteroatoms. The highest BCUT2D eigenvalue weighted by Crippen LogP contribution is 2.35. The minimum atomic E-state index is -3.79. The van der Waals surface area contributed by atoms with Crippen molar-refractivity contribution in [2.75, 3.05) is 17.4 Å². The molecule has 26 heavy (non-hydrogen) atoms. The minimum Gasteiger partial charge on any atom is -0.330 e. The van der Waals surface area contributed by atoms with Crippen LogP contribution in [0.2, 0.25) is 0 Å². The number of sulfonamides is 1. The maximum absolute atomic E-state index is 13.1. The first-order valence-electron chi connectivity index (χ1n) is 8.03. The van der Waals surface area contributed by atoms with E-state index < -0.39 is 14.9 Å². The Kier molecular flexibility index (Phi) is 6.22. The van der Waals surface area contributed by atoms with Gasteiger partial charge in [-0.1, -0.05) is 18.2 Å². The zero-order chi connectivity index (χ0) is 18.0. The van der Waals surface area contributed by atoms with E-state index in [1.807, 2.05) is 18.2 Å². The Morgan fingerprint density at radius 1 is 1.15 bits per heavy atom. The predicted molar refractivity (Wildman–Crippen MR) is 102 cm³/mol. The molecule has 0 aliphatic carbocycles. The maximum atomic E-state index is 13.1. The first kappa shape index (κ1) is 20.2. The number of benzene rings is 2. The minimum absolute atomic E-state index is 0. The number of halogens is 1. The third-order valence-corrected chi connectivity index (χ3v) is 6.12. The van der Waals surface area contributed by atoms with Crippen LogP contribution < -0.4 is 10.0 Å². The van der Waals surface area contributed by atoms with Gasteiger partial charge in [0.25, 0.3) is 15.7 Å². The molecule has 7 nitrogen and oxygen atoms in total. The molecule has 0 unspecified atom stereocenters. The number of hydrogen-bond donors (Lipinski definition) is 1. The van der Waals surface area contributed by atoms with E-state index in [-0.39, 0.29) is 23.0 Å². The Hall–Kier alpha value is -2.16. The Balaban J connectivity index is 0.00000243. The number of nitro groups is 1. The quantitative estimate of drug-likeness (QED) is 0.616. The van der Waals surface area contributed by atoms with Crippen molar-refractivity contribution < 1.29 is 13.3 Å². The van der Waals surface area contributed by atoms with E-state index in [1.54, 1.807) is 0 Å². The molecule has 2 aromatic carbocycles. The van der Waals surface area contributed by atoms with Gasteiger partial charge in [-0.2, -0.15) is 0 Å². The van der Waals surface area contributed by atoms with Crippen LogP contribution >= 0.6 is 12.4 Å². The lowest BCUT2D eigenvalue weighted by Gasteiger charge is -2.32. The van der Waals surface area contributed by atoms with Gasteiger partial charge in [-0.3, -0.25) is 14.4 Å². The van der Waals surface area contributed by atoms with Crippen LogP contribution in [-0.4, -0.2) is 26.4 Å². The topological polar surface area (TPSA) is 107 Å². The number of para-hydroxylation sites is 1. The normalized spacial score (nSPS) is 13.7. The molecule has 1 aliphatic rings. The Morgan fingerprint density at radius 3 is 2.46 bits per heavy atom. The number of fused-ring (bicyclic) bond motifs is 1. The van der Waals surface area contributed by atoms with Gasteiger partial charge in [0.2, 0.25) is 0 Å². The van der Waals surface area contributed by atoms with Crippen LogP contribution in [0, 0.1) is 10.1 Å². The van der Waals surface area contributed by atoms with Crippen molar-refractivity contribution in [3.63, 3.8) is 0 Å². The Morgan fingerprint density at radius 2 is 1.85 bits per heavy atom. The molecule has 0 spiro atoms. The van der Waals surface area contributed by atoms with Crippen LogP contribution in [0.5, 0.6) is 0 Å². The summed E-state index contributed by atoms with van der Waals surface area (Å²) in [7, 11) is -3.79. The smallest absolute Gasteiger partial charge is 0.269 e. The average Bonchev–Trinajstić information content (AvgIpc) is 2.61. The van der Waals surface area contributed by atoms with E-state index in [1.165, 1.54) is 28.6 Å². The molecule has 0 atom stereocenters. The molecule has 0 amide bonds. The third-order valence-electron chi connectivity index (χ3n) is 4.31. The van der Waals surface area contributed by atoms with Crippen molar-refractivity contribution in [2.24, 2.45) is 5.73 Å². The molecule has 2 N–H and O–H groups in total. The first-order chi connectivity index (χ1) is 11.9. The summed E-state index contributed by atoms with van der Waals surface area (Å²) in [5.74, 6) is 0. The molecular weight excluding hydrogens is 378 g/mol. The van der Waals surface area contributed by atoms with Crippen LogP contribution in [0.25, 0.3) is 0 Å². The largest absolute Gasteiger partial charge is 0.330 e. The summed E-state index contributed by atoms with van der Waals surface area (Å²) in [4.78, 5) is 10.3. The summed E-state index contributed by atoms with van der Waals surface area (Å²) >= 11 is 0. The molecule has 1 heterocycles. The fourth-order valence-electron chi connectivity index (χ4n) is 3.16. The number of nitro benzene ring substituents is 1. The van der Waals surface area contributed by atoms with E-state index in [9.17, 15) is 18.5 Å². The van der Waals surface area contributed by atoms with Crippen molar-refractivity contribution in [1.82, 2.24) is 0 Å². The van der Waals surface area contributed by atoms with Gasteiger partial charge in [0.05, 0.1) is 15.5 Å². The fraction of sp³-hybridized carbons (Fsp3) is 0.294. The van der Waals surface area contributed by atoms with Crippen molar-refractivity contribution in [3.8, 4) is 0 Å². The first-order valence-corrected chi connectivity index (χ1v) is 9.47. The molecule has 0 fully saturated rings. The second-order valence-electron chi connectivity index (χ2n) is 5.90. The number of anilines is 1. The average molecular weight is 398 g/mol. The van der Waals surface area contributed by atoms with E-state index in [0.29, 0.717) is 25.2 Å². The van der Waals surface area contributed by atoms with E-state index in [2.05, 4.69) is 0 Å². The van der Waals surface area contributed by atoms with Gasteiger partial charge < -0.3 is 5.73 Å². The number of nitrogens with zero attached hydrogens (tertiary/aromatic N) is 2. The lowest BCUT2D eigenvalue weighted by Crippen LogP contribution is -2.36. The van der Waals surface area contributed by atoms with E-state index in [4.69, 9.17) is 5.73 Å². The van der Waals surface area contributed by atoms with Crippen LogP contribution in [0.3, 0.4) is 0 Å². The van der Waals surface area contributed by atoms with Gasteiger partial charge in [0.15, 0.2) is 0 Å². The summed E-state index contributed by atoms with van der Waals surface area (Å²) in [6, 6.07) is 10.8. The molecule has 2 aromatic rings. The zero-order valence-electron chi connectivity index (χ0n) is 14.0. The van der Waals surface area contributed by atoms with Gasteiger partial charge in [-0.05, 0) is 49.1 Å². The van der Waals surface area contributed by atoms with Gasteiger partial charge in [-0.15, -0.1) is 12.4 Å². The molecule has 0 saturated heterocycles. The fourth-order valence-corrected chi connectivity index (χ4v) is 4.74. The monoisotopic (exact) mass is 397 g/mol. The van der Waals surface area contributed by atoms with E-state index >= 15 is 0 Å². The number of rotatable bonds is 5. The van der Waals surface area contributed by atoms with Crippen molar-refractivity contribution in [1.29, 1.82) is 0 Å². The number of nitrogens with two attached hydrogens (primary N) is 1. The molecule has 140 valence electrons. The van der Waals surface area contributed by atoms with Gasteiger partial charge >= 0.3 is 0 Å². The van der Waals surface area contributed by atoms with Crippen LogP contribution in [-0.2, 0) is 22.9 Å². The highest BCUT2D eigenvalue weighted by Gasteiger charge is 2.31. The Bertz CT molecular complexity index is 901. The number of aryl methyl sites for hydroxylation is 1. The lowest BCUT2D eigenvalue weighted by atomic mass is 9.98. The van der Waals surface area contributed by atoms with Crippen LogP contribution in [0.15, 0.2) is 47.4 Å². The molecule has 0 saturated carbocycles. The molecule has 3 rings (SSSR count). The van der Waals surface area contributed by atoms with Crippen LogP contribution in [0.4, 0.5) is 11.4 Å². The zero-order valence-corrected chi connectivity index (χ0v) is 15.6. The standard InChI is InChI=1S/C17H19N3O4S.ClH/c18-11-10-14-4-1-3-13-5-2-12-19(17(13)14)25(23,24)16-8-6-15(7-9-16)20(21)22;/h1,3-4,6-9H,2,5,10-12,18H2;1H. The molecule has 0 aromatic heterocycles.